The lowest BCUT2D eigenvalue weighted by molar-refractivity contribution is 0.600. The first kappa shape index (κ1) is 15.1. The zero-order valence-corrected chi connectivity index (χ0v) is 13.8. The number of benzene rings is 2. The number of alkyl halides is 1. The van der Waals surface area contributed by atoms with Crippen molar-refractivity contribution in [1.29, 1.82) is 0 Å². The first-order valence-electron chi connectivity index (χ1n) is 6.17. The van der Waals surface area contributed by atoms with E-state index in [9.17, 15) is 8.42 Å². The Morgan fingerprint density at radius 3 is 2.55 bits per heavy atom. The molecular weight excluding hydrogens is 338 g/mol. The van der Waals surface area contributed by atoms with Crippen LogP contribution in [-0.4, -0.2) is 8.42 Å². The van der Waals surface area contributed by atoms with Crippen LogP contribution in [-0.2, 0) is 15.4 Å². The van der Waals surface area contributed by atoms with E-state index in [-0.39, 0.29) is 0 Å². The van der Waals surface area contributed by atoms with E-state index in [2.05, 4.69) is 20.7 Å². The Balaban J connectivity index is 2.38. The van der Waals surface area contributed by atoms with Gasteiger partial charge in [0.05, 0.1) is 4.90 Å². The molecule has 0 radical (unpaired) electrons. The van der Waals surface area contributed by atoms with Crippen LogP contribution >= 0.6 is 15.9 Å². The van der Waals surface area contributed by atoms with E-state index in [4.69, 9.17) is 0 Å². The van der Waals surface area contributed by atoms with Gasteiger partial charge in [-0.2, -0.15) is 0 Å². The molecule has 2 aromatic carbocycles. The Kier molecular flexibility index (Phi) is 4.50. The Hall–Kier alpha value is -1.33. The molecule has 3 nitrogen and oxygen atoms in total. The summed E-state index contributed by atoms with van der Waals surface area (Å²) in [6.07, 6.45) is 0. The molecule has 0 aliphatic carbocycles. The van der Waals surface area contributed by atoms with Gasteiger partial charge in [0.15, 0.2) is 0 Å². The minimum Gasteiger partial charge on any atom is -0.280 e. The molecule has 0 aromatic heterocycles. The van der Waals surface area contributed by atoms with Crippen molar-refractivity contribution < 1.29 is 8.42 Å². The number of halogens is 1. The van der Waals surface area contributed by atoms with Gasteiger partial charge >= 0.3 is 0 Å². The van der Waals surface area contributed by atoms with E-state index in [1.807, 2.05) is 37.3 Å². The standard InChI is InChI=1S/C15H16BrNO2S/c1-11-6-7-12(2)15(8-11)20(18,19)17-14-5-3-4-13(9-14)10-16/h3-9,17H,10H2,1-2H3. The fourth-order valence-electron chi connectivity index (χ4n) is 1.92. The third kappa shape index (κ3) is 3.41. The number of nitrogens with one attached hydrogen (secondary N) is 1. The molecule has 0 saturated heterocycles. The molecule has 1 N–H and O–H groups in total. The Bertz CT molecular complexity index is 726. The van der Waals surface area contributed by atoms with Crippen molar-refractivity contribution in [1.82, 2.24) is 0 Å². The van der Waals surface area contributed by atoms with Gasteiger partial charge in [0.1, 0.15) is 0 Å². The van der Waals surface area contributed by atoms with Crippen LogP contribution in [0.25, 0.3) is 0 Å². The predicted octanol–water partition coefficient (Wildman–Crippen LogP) is 4.00. The highest BCUT2D eigenvalue weighted by atomic mass is 79.9. The summed E-state index contributed by atoms with van der Waals surface area (Å²) in [6, 6.07) is 12.7. The van der Waals surface area contributed by atoms with Gasteiger partial charge in [-0.25, -0.2) is 8.42 Å². The molecular formula is C15H16BrNO2S. The summed E-state index contributed by atoms with van der Waals surface area (Å²) >= 11 is 3.36. The fourth-order valence-corrected chi connectivity index (χ4v) is 3.65. The van der Waals surface area contributed by atoms with E-state index in [1.54, 1.807) is 19.1 Å². The maximum atomic E-state index is 12.5. The van der Waals surface area contributed by atoms with Crippen molar-refractivity contribution in [2.24, 2.45) is 0 Å². The SMILES string of the molecule is Cc1ccc(C)c(S(=O)(=O)Nc2cccc(CBr)c2)c1. The lowest BCUT2D eigenvalue weighted by atomic mass is 10.2. The van der Waals surface area contributed by atoms with Crippen LogP contribution in [0.3, 0.4) is 0 Å². The highest BCUT2D eigenvalue weighted by molar-refractivity contribution is 9.08. The number of anilines is 1. The van der Waals surface area contributed by atoms with Crippen LogP contribution in [0.1, 0.15) is 16.7 Å². The molecule has 0 bridgehead atoms. The van der Waals surface area contributed by atoms with Gasteiger partial charge in [-0.3, -0.25) is 4.72 Å². The average molecular weight is 354 g/mol. The van der Waals surface area contributed by atoms with E-state index in [0.29, 0.717) is 15.9 Å². The van der Waals surface area contributed by atoms with Crippen molar-refractivity contribution >= 4 is 31.6 Å². The van der Waals surface area contributed by atoms with Crippen LogP contribution in [0.4, 0.5) is 5.69 Å². The lowest BCUT2D eigenvalue weighted by Gasteiger charge is -2.11. The zero-order valence-electron chi connectivity index (χ0n) is 11.4. The molecule has 2 rings (SSSR count). The molecule has 20 heavy (non-hydrogen) atoms. The largest absolute Gasteiger partial charge is 0.280 e. The molecule has 5 heteroatoms. The first-order chi connectivity index (χ1) is 9.42. The van der Waals surface area contributed by atoms with Crippen molar-refractivity contribution in [2.75, 3.05) is 4.72 Å². The van der Waals surface area contributed by atoms with Gasteiger partial charge in [0, 0.05) is 11.0 Å². The van der Waals surface area contributed by atoms with Crippen LogP contribution in [0.15, 0.2) is 47.4 Å². The third-order valence-electron chi connectivity index (χ3n) is 2.97. The van der Waals surface area contributed by atoms with Crippen LogP contribution < -0.4 is 4.72 Å². The van der Waals surface area contributed by atoms with E-state index in [1.165, 1.54) is 0 Å². The maximum Gasteiger partial charge on any atom is 0.262 e. The summed E-state index contributed by atoms with van der Waals surface area (Å²) in [7, 11) is -3.56. The second-order valence-electron chi connectivity index (χ2n) is 4.71. The highest BCUT2D eigenvalue weighted by Crippen LogP contribution is 2.21. The molecule has 0 amide bonds. The summed E-state index contributed by atoms with van der Waals surface area (Å²) in [5, 5.41) is 0.687. The second kappa shape index (κ2) is 5.97. The summed E-state index contributed by atoms with van der Waals surface area (Å²) in [5.74, 6) is 0. The number of aryl methyl sites for hydroxylation is 2. The van der Waals surface area contributed by atoms with Crippen molar-refractivity contribution in [2.45, 2.75) is 24.1 Å². The maximum absolute atomic E-state index is 12.5. The normalized spacial score (nSPS) is 11.3. The number of hydrogen-bond donors (Lipinski definition) is 1. The smallest absolute Gasteiger partial charge is 0.262 e. The van der Waals surface area contributed by atoms with Crippen LogP contribution in [0, 0.1) is 13.8 Å². The molecule has 0 saturated carbocycles. The molecule has 2 aromatic rings. The molecule has 106 valence electrons. The van der Waals surface area contributed by atoms with Gasteiger partial charge in [-0.1, -0.05) is 40.2 Å². The fraction of sp³-hybridized carbons (Fsp3) is 0.200. The number of hydrogen-bond acceptors (Lipinski definition) is 2. The highest BCUT2D eigenvalue weighted by Gasteiger charge is 2.17. The van der Waals surface area contributed by atoms with Crippen molar-refractivity contribution in [3.05, 3.63) is 59.2 Å². The Labute approximate surface area is 128 Å². The van der Waals surface area contributed by atoms with Crippen molar-refractivity contribution in [3.63, 3.8) is 0 Å². The van der Waals surface area contributed by atoms with Gasteiger partial charge in [0.25, 0.3) is 10.0 Å². The topological polar surface area (TPSA) is 46.2 Å². The summed E-state index contributed by atoms with van der Waals surface area (Å²) < 4.78 is 27.5. The molecule has 0 atom stereocenters. The Morgan fingerprint density at radius 2 is 1.85 bits per heavy atom. The van der Waals surface area contributed by atoms with Gasteiger partial charge < -0.3 is 0 Å². The average Bonchev–Trinajstić information content (AvgIpc) is 2.41. The molecule has 0 spiro atoms. The minimum atomic E-state index is -3.56. The van der Waals surface area contributed by atoms with E-state index in [0.717, 1.165) is 16.7 Å². The Morgan fingerprint density at radius 1 is 1.10 bits per heavy atom. The molecule has 0 heterocycles. The molecule has 0 aliphatic rings. The predicted molar refractivity (Wildman–Crippen MR) is 85.8 cm³/mol. The van der Waals surface area contributed by atoms with Gasteiger partial charge in [-0.05, 0) is 48.7 Å². The summed E-state index contributed by atoms with van der Waals surface area (Å²) in [5.41, 5.74) is 3.25. The third-order valence-corrected chi connectivity index (χ3v) is 5.14. The number of rotatable bonds is 4. The zero-order chi connectivity index (χ0) is 14.8. The molecule has 0 aliphatic heterocycles. The first-order valence-corrected chi connectivity index (χ1v) is 8.78. The second-order valence-corrected chi connectivity index (χ2v) is 6.92. The minimum absolute atomic E-state index is 0.321. The quantitative estimate of drug-likeness (QED) is 0.844. The van der Waals surface area contributed by atoms with E-state index >= 15 is 0 Å². The summed E-state index contributed by atoms with van der Waals surface area (Å²) in [4.78, 5) is 0.321. The van der Waals surface area contributed by atoms with Crippen LogP contribution in [0.5, 0.6) is 0 Å². The van der Waals surface area contributed by atoms with E-state index < -0.39 is 10.0 Å². The monoisotopic (exact) mass is 353 g/mol. The summed E-state index contributed by atoms with van der Waals surface area (Å²) in [6.45, 7) is 3.67. The molecule has 0 unspecified atom stereocenters. The van der Waals surface area contributed by atoms with Gasteiger partial charge in [-0.15, -0.1) is 0 Å². The number of sulfonamides is 1. The lowest BCUT2D eigenvalue weighted by Crippen LogP contribution is -2.14. The van der Waals surface area contributed by atoms with Crippen LogP contribution in [0.2, 0.25) is 0 Å². The van der Waals surface area contributed by atoms with Crippen molar-refractivity contribution in [3.8, 4) is 0 Å². The van der Waals surface area contributed by atoms with Gasteiger partial charge in [0.2, 0.25) is 0 Å². The molecule has 0 fully saturated rings.